The number of carbonyl (C=O) groups excluding carboxylic acids is 1. The van der Waals surface area contributed by atoms with E-state index in [1.165, 1.54) is 5.56 Å². The average molecular weight is 503 g/mol. The first-order chi connectivity index (χ1) is 18.7. The summed E-state index contributed by atoms with van der Waals surface area (Å²) in [4.78, 5) is 28.3. The maximum Gasteiger partial charge on any atom is 0.269 e. The molecular formula is C31H30N6O. The van der Waals surface area contributed by atoms with Gasteiger partial charge >= 0.3 is 0 Å². The SMILES string of the molecule is O=C(NNc1ccccc1)c1ccc(CN(Cc2nc3ccccc3[nH]2)C2CCCc3cccnc32)cc1. The Morgan fingerprint density at radius 2 is 1.74 bits per heavy atom. The molecule has 1 amide bonds. The van der Waals surface area contributed by atoms with Gasteiger partial charge in [0.15, 0.2) is 0 Å². The Balaban J connectivity index is 1.22. The van der Waals surface area contributed by atoms with Crippen LogP contribution in [0.3, 0.4) is 0 Å². The molecule has 0 fully saturated rings. The summed E-state index contributed by atoms with van der Waals surface area (Å²) in [6, 6.07) is 30.0. The summed E-state index contributed by atoms with van der Waals surface area (Å²) in [6.45, 7) is 1.40. The number of H-pyrrole nitrogens is 1. The number of hydrogen-bond acceptors (Lipinski definition) is 5. The van der Waals surface area contributed by atoms with Crippen molar-refractivity contribution >= 4 is 22.6 Å². The van der Waals surface area contributed by atoms with Crippen molar-refractivity contribution < 1.29 is 4.79 Å². The molecule has 6 rings (SSSR count). The molecule has 1 atom stereocenters. The van der Waals surface area contributed by atoms with Crippen LogP contribution in [0.15, 0.2) is 97.2 Å². The molecule has 3 N–H and O–H groups in total. The molecule has 0 aliphatic heterocycles. The van der Waals surface area contributed by atoms with Crippen molar-refractivity contribution in [2.45, 2.75) is 38.4 Å². The minimum absolute atomic E-state index is 0.176. The number of aryl methyl sites for hydroxylation is 1. The van der Waals surface area contributed by atoms with Gasteiger partial charge in [0.2, 0.25) is 0 Å². The molecule has 2 aromatic heterocycles. The molecule has 7 nitrogen and oxygen atoms in total. The highest BCUT2D eigenvalue weighted by atomic mass is 16.2. The van der Waals surface area contributed by atoms with Crippen LogP contribution in [0.1, 0.15) is 51.9 Å². The summed E-state index contributed by atoms with van der Waals surface area (Å²) in [5.41, 5.74) is 12.8. The van der Waals surface area contributed by atoms with Crippen molar-refractivity contribution in [3.8, 4) is 0 Å². The topological polar surface area (TPSA) is 85.9 Å². The summed E-state index contributed by atoms with van der Waals surface area (Å²) >= 11 is 0. The lowest BCUT2D eigenvalue weighted by atomic mass is 9.90. The third-order valence-electron chi connectivity index (χ3n) is 7.09. The highest BCUT2D eigenvalue weighted by Crippen LogP contribution is 2.34. The molecule has 0 radical (unpaired) electrons. The number of benzene rings is 3. The first-order valence-corrected chi connectivity index (χ1v) is 13.0. The standard InChI is InChI=1S/C31H30N6O/c38-31(36-35-25-10-2-1-3-11-25)24-17-15-22(16-18-24)20-37(21-29-33-26-12-4-5-13-27(26)34-29)28-14-6-8-23-9-7-19-32-30(23)28/h1-5,7,9-13,15-19,28,35H,6,8,14,20-21H2,(H,33,34)(H,36,38). The molecule has 2 heterocycles. The number of amides is 1. The molecule has 7 heteroatoms. The Bertz CT molecular complexity index is 1500. The van der Waals surface area contributed by atoms with Gasteiger partial charge in [0.25, 0.3) is 5.91 Å². The van der Waals surface area contributed by atoms with E-state index in [-0.39, 0.29) is 11.9 Å². The lowest BCUT2D eigenvalue weighted by molar-refractivity contribution is 0.0962. The smallest absolute Gasteiger partial charge is 0.269 e. The largest absolute Gasteiger partial charge is 0.341 e. The Kier molecular flexibility index (Phi) is 6.83. The number of hydrogen-bond donors (Lipinski definition) is 3. The van der Waals surface area contributed by atoms with Gasteiger partial charge in [-0.05, 0) is 72.9 Å². The van der Waals surface area contributed by atoms with Gasteiger partial charge in [-0.1, -0.05) is 48.5 Å². The molecule has 0 saturated heterocycles. The van der Waals surface area contributed by atoms with Gasteiger partial charge in [0.1, 0.15) is 5.82 Å². The first kappa shape index (κ1) is 23.9. The van der Waals surface area contributed by atoms with E-state index in [1.54, 1.807) is 0 Å². The molecule has 38 heavy (non-hydrogen) atoms. The van der Waals surface area contributed by atoms with E-state index in [0.29, 0.717) is 12.1 Å². The molecule has 1 unspecified atom stereocenters. The molecule has 0 saturated carbocycles. The number of aromatic nitrogens is 3. The molecule has 0 bridgehead atoms. The molecule has 1 aliphatic carbocycles. The van der Waals surface area contributed by atoms with Crippen LogP contribution in [0.4, 0.5) is 5.69 Å². The van der Waals surface area contributed by atoms with Crippen molar-refractivity contribution in [1.82, 2.24) is 25.3 Å². The molecule has 3 aromatic carbocycles. The maximum atomic E-state index is 12.7. The van der Waals surface area contributed by atoms with Crippen molar-refractivity contribution in [2.24, 2.45) is 0 Å². The normalized spacial score (nSPS) is 14.8. The zero-order valence-corrected chi connectivity index (χ0v) is 21.1. The summed E-state index contributed by atoms with van der Waals surface area (Å²) < 4.78 is 0. The number of pyridine rings is 1. The number of hydrazine groups is 1. The van der Waals surface area contributed by atoms with Gasteiger partial charge in [-0.25, -0.2) is 4.98 Å². The Morgan fingerprint density at radius 1 is 0.921 bits per heavy atom. The Labute approximate surface area is 221 Å². The van der Waals surface area contributed by atoms with E-state index in [2.05, 4.69) is 32.9 Å². The van der Waals surface area contributed by atoms with E-state index in [1.807, 2.05) is 85.1 Å². The fraction of sp³-hybridized carbons (Fsp3) is 0.194. The van der Waals surface area contributed by atoms with E-state index in [0.717, 1.165) is 59.6 Å². The maximum absolute atomic E-state index is 12.7. The van der Waals surface area contributed by atoms with Gasteiger partial charge in [0.05, 0.1) is 35.0 Å². The predicted octanol–water partition coefficient (Wildman–Crippen LogP) is 5.79. The van der Waals surface area contributed by atoms with Gasteiger partial charge < -0.3 is 4.98 Å². The number of nitrogens with zero attached hydrogens (tertiary/aromatic N) is 3. The minimum atomic E-state index is -0.176. The zero-order valence-electron chi connectivity index (χ0n) is 21.1. The van der Waals surface area contributed by atoms with E-state index in [9.17, 15) is 4.79 Å². The quantitative estimate of drug-likeness (QED) is 0.234. The Hall–Kier alpha value is -4.49. The number of rotatable bonds is 8. The van der Waals surface area contributed by atoms with Gasteiger partial charge in [-0.3, -0.25) is 25.5 Å². The fourth-order valence-corrected chi connectivity index (χ4v) is 5.21. The lowest BCUT2D eigenvalue weighted by Crippen LogP contribution is -2.32. The molecular weight excluding hydrogens is 472 g/mol. The number of fused-ring (bicyclic) bond motifs is 2. The van der Waals surface area contributed by atoms with E-state index in [4.69, 9.17) is 9.97 Å². The summed E-state index contributed by atoms with van der Waals surface area (Å²) in [5, 5.41) is 0. The monoisotopic (exact) mass is 502 g/mol. The lowest BCUT2D eigenvalue weighted by Gasteiger charge is -2.34. The van der Waals surface area contributed by atoms with Crippen molar-refractivity contribution in [1.29, 1.82) is 0 Å². The first-order valence-electron chi connectivity index (χ1n) is 13.0. The van der Waals surface area contributed by atoms with Crippen LogP contribution < -0.4 is 10.9 Å². The number of anilines is 1. The number of nitrogens with one attached hydrogen (secondary N) is 3. The number of para-hydroxylation sites is 3. The van der Waals surface area contributed by atoms with Crippen LogP contribution in [0.25, 0.3) is 11.0 Å². The van der Waals surface area contributed by atoms with Gasteiger partial charge in [-0.2, -0.15) is 0 Å². The number of carbonyl (C=O) groups is 1. The van der Waals surface area contributed by atoms with E-state index >= 15 is 0 Å². The van der Waals surface area contributed by atoms with Crippen LogP contribution in [0.2, 0.25) is 0 Å². The third-order valence-corrected chi connectivity index (χ3v) is 7.09. The highest BCUT2D eigenvalue weighted by Gasteiger charge is 2.28. The number of imidazole rings is 1. The van der Waals surface area contributed by atoms with Crippen molar-refractivity contribution in [2.75, 3.05) is 5.43 Å². The van der Waals surface area contributed by atoms with Crippen LogP contribution >= 0.6 is 0 Å². The van der Waals surface area contributed by atoms with Crippen molar-refractivity contribution in [3.05, 3.63) is 125 Å². The van der Waals surface area contributed by atoms with Crippen LogP contribution in [0.5, 0.6) is 0 Å². The second kappa shape index (κ2) is 10.9. The second-order valence-electron chi connectivity index (χ2n) is 9.70. The molecule has 1 aliphatic rings. The average Bonchev–Trinajstić information content (AvgIpc) is 3.39. The van der Waals surface area contributed by atoms with Crippen LogP contribution in [0, 0.1) is 0 Å². The number of aromatic amines is 1. The highest BCUT2D eigenvalue weighted by molar-refractivity contribution is 5.94. The third kappa shape index (κ3) is 5.28. The molecule has 190 valence electrons. The summed E-state index contributed by atoms with van der Waals surface area (Å²) in [7, 11) is 0. The van der Waals surface area contributed by atoms with Crippen LogP contribution in [-0.2, 0) is 19.5 Å². The van der Waals surface area contributed by atoms with Gasteiger partial charge in [0, 0.05) is 18.3 Å². The fourth-order valence-electron chi connectivity index (χ4n) is 5.21. The van der Waals surface area contributed by atoms with E-state index < -0.39 is 0 Å². The minimum Gasteiger partial charge on any atom is -0.341 e. The molecule has 0 spiro atoms. The van der Waals surface area contributed by atoms with Crippen LogP contribution in [-0.4, -0.2) is 25.8 Å². The molecule has 5 aromatic rings. The summed E-state index contributed by atoms with van der Waals surface area (Å²) in [5.74, 6) is 0.766. The zero-order chi connectivity index (χ0) is 25.7. The van der Waals surface area contributed by atoms with Crippen molar-refractivity contribution in [3.63, 3.8) is 0 Å². The van der Waals surface area contributed by atoms with Gasteiger partial charge in [-0.15, -0.1) is 0 Å². The summed E-state index contributed by atoms with van der Waals surface area (Å²) in [6.07, 6.45) is 5.15. The Morgan fingerprint density at radius 3 is 2.58 bits per heavy atom. The predicted molar refractivity (Wildman–Crippen MR) is 149 cm³/mol. The second-order valence-corrected chi connectivity index (χ2v) is 9.70.